The second kappa shape index (κ2) is 24.1. The van der Waals surface area contributed by atoms with Gasteiger partial charge in [-0.05, 0) is 38.5 Å². The largest absolute Gasteiger partial charge is 0.466 e. The molecule has 4 heteroatoms. The molecule has 4 nitrogen and oxygen atoms in total. The third-order valence-electron chi connectivity index (χ3n) is 6.25. The Morgan fingerprint density at radius 2 is 1.06 bits per heavy atom. The summed E-state index contributed by atoms with van der Waals surface area (Å²) in [6.45, 7) is 9.13. The zero-order chi connectivity index (χ0) is 24.6. The Hall–Kier alpha value is -1.06. The second-order valence-electron chi connectivity index (χ2n) is 10.3. The Balaban J connectivity index is 3.37. The van der Waals surface area contributed by atoms with Crippen molar-refractivity contribution in [2.45, 2.75) is 162 Å². The van der Waals surface area contributed by atoms with Crippen molar-refractivity contribution in [2.75, 3.05) is 6.61 Å². The number of ether oxygens (including phenoxy) is 2. The van der Waals surface area contributed by atoms with Gasteiger partial charge in [0.1, 0.15) is 0 Å². The molecular weight excluding hydrogens is 412 g/mol. The van der Waals surface area contributed by atoms with Crippen molar-refractivity contribution in [2.24, 2.45) is 5.92 Å². The van der Waals surface area contributed by atoms with Crippen molar-refractivity contribution in [3.05, 3.63) is 0 Å². The highest BCUT2D eigenvalue weighted by Crippen LogP contribution is 2.14. The summed E-state index contributed by atoms with van der Waals surface area (Å²) in [5.41, 5.74) is 0. The van der Waals surface area contributed by atoms with E-state index in [4.69, 9.17) is 9.47 Å². The molecule has 0 aromatic heterocycles. The van der Waals surface area contributed by atoms with E-state index in [0.29, 0.717) is 31.8 Å². The third kappa shape index (κ3) is 25.4. The highest BCUT2D eigenvalue weighted by atomic mass is 16.5. The summed E-state index contributed by atoms with van der Waals surface area (Å²) in [5.74, 6) is 0.290. The van der Waals surface area contributed by atoms with E-state index in [9.17, 15) is 9.59 Å². The predicted molar refractivity (Wildman–Crippen MR) is 139 cm³/mol. The molecule has 0 aromatic rings. The van der Waals surface area contributed by atoms with Crippen LogP contribution in [0, 0.1) is 5.92 Å². The molecule has 0 amide bonds. The molecule has 0 heterocycles. The summed E-state index contributed by atoms with van der Waals surface area (Å²) >= 11 is 0. The van der Waals surface area contributed by atoms with Crippen LogP contribution < -0.4 is 0 Å². The SMILES string of the molecule is CCCCCCCCCCCCCCCCOC(=O)CCCC(=O)OC(C)CCCC(C)C. The van der Waals surface area contributed by atoms with Gasteiger partial charge in [0.15, 0.2) is 0 Å². The van der Waals surface area contributed by atoms with Gasteiger partial charge < -0.3 is 9.47 Å². The summed E-state index contributed by atoms with van der Waals surface area (Å²) in [7, 11) is 0. The molecule has 0 saturated heterocycles. The molecule has 196 valence electrons. The van der Waals surface area contributed by atoms with E-state index in [1.54, 1.807) is 0 Å². The lowest BCUT2D eigenvalue weighted by molar-refractivity contribution is -0.149. The quantitative estimate of drug-likeness (QED) is 0.105. The monoisotopic (exact) mass is 468 g/mol. The molecule has 0 saturated carbocycles. The average Bonchev–Trinajstić information content (AvgIpc) is 2.76. The van der Waals surface area contributed by atoms with Crippen LogP contribution in [-0.4, -0.2) is 24.6 Å². The van der Waals surface area contributed by atoms with Gasteiger partial charge in [-0.1, -0.05) is 111 Å². The summed E-state index contributed by atoms with van der Waals surface area (Å²) in [6.07, 6.45) is 22.7. The molecule has 0 aliphatic rings. The minimum atomic E-state index is -0.202. The minimum absolute atomic E-state index is 0.0384. The lowest BCUT2D eigenvalue weighted by atomic mass is 10.0. The number of carbonyl (C=O) groups is 2. The smallest absolute Gasteiger partial charge is 0.306 e. The van der Waals surface area contributed by atoms with Crippen molar-refractivity contribution in [1.82, 2.24) is 0 Å². The first-order chi connectivity index (χ1) is 16.0. The zero-order valence-electron chi connectivity index (χ0n) is 22.6. The third-order valence-corrected chi connectivity index (χ3v) is 6.25. The molecule has 0 aromatic carbocycles. The molecule has 33 heavy (non-hydrogen) atoms. The Morgan fingerprint density at radius 1 is 0.576 bits per heavy atom. The van der Waals surface area contributed by atoms with Crippen LogP contribution in [-0.2, 0) is 19.1 Å². The van der Waals surface area contributed by atoms with Crippen molar-refractivity contribution in [1.29, 1.82) is 0 Å². The topological polar surface area (TPSA) is 52.6 Å². The Labute approximate surface area is 206 Å². The van der Waals surface area contributed by atoms with Crippen LogP contribution in [0.25, 0.3) is 0 Å². The molecule has 0 rings (SSSR count). The van der Waals surface area contributed by atoms with Gasteiger partial charge in [0.2, 0.25) is 0 Å². The number of unbranched alkanes of at least 4 members (excludes halogenated alkanes) is 13. The Bertz CT molecular complexity index is 447. The van der Waals surface area contributed by atoms with Gasteiger partial charge in [0.05, 0.1) is 12.7 Å². The van der Waals surface area contributed by atoms with Crippen molar-refractivity contribution < 1.29 is 19.1 Å². The molecule has 0 spiro atoms. The molecule has 0 aliphatic heterocycles. The van der Waals surface area contributed by atoms with E-state index in [-0.39, 0.29) is 18.0 Å². The maximum absolute atomic E-state index is 11.9. The van der Waals surface area contributed by atoms with Crippen LogP contribution >= 0.6 is 0 Å². The van der Waals surface area contributed by atoms with Gasteiger partial charge in [-0.15, -0.1) is 0 Å². The van der Waals surface area contributed by atoms with Crippen LogP contribution in [0.4, 0.5) is 0 Å². The first-order valence-corrected chi connectivity index (χ1v) is 14.3. The average molecular weight is 469 g/mol. The summed E-state index contributed by atoms with van der Waals surface area (Å²) in [6, 6.07) is 0. The fourth-order valence-corrected chi connectivity index (χ4v) is 4.09. The summed E-state index contributed by atoms with van der Waals surface area (Å²) in [4.78, 5) is 23.7. The summed E-state index contributed by atoms with van der Waals surface area (Å²) < 4.78 is 10.7. The van der Waals surface area contributed by atoms with E-state index in [2.05, 4.69) is 20.8 Å². The van der Waals surface area contributed by atoms with Crippen LogP contribution in [0.15, 0.2) is 0 Å². The number of esters is 2. The van der Waals surface area contributed by atoms with Gasteiger partial charge >= 0.3 is 11.9 Å². The van der Waals surface area contributed by atoms with Crippen LogP contribution in [0.1, 0.15) is 156 Å². The van der Waals surface area contributed by atoms with E-state index < -0.39 is 0 Å². The lowest BCUT2D eigenvalue weighted by Gasteiger charge is -2.13. The van der Waals surface area contributed by atoms with Gasteiger partial charge in [0, 0.05) is 12.8 Å². The Morgan fingerprint density at radius 3 is 1.58 bits per heavy atom. The van der Waals surface area contributed by atoms with Crippen molar-refractivity contribution >= 4 is 11.9 Å². The molecule has 1 atom stereocenters. The van der Waals surface area contributed by atoms with E-state index in [1.807, 2.05) is 6.92 Å². The first kappa shape index (κ1) is 31.9. The zero-order valence-corrected chi connectivity index (χ0v) is 22.6. The van der Waals surface area contributed by atoms with Gasteiger partial charge in [-0.2, -0.15) is 0 Å². The normalized spacial score (nSPS) is 12.2. The molecule has 0 radical (unpaired) electrons. The van der Waals surface area contributed by atoms with E-state index >= 15 is 0 Å². The second-order valence-corrected chi connectivity index (χ2v) is 10.3. The molecule has 0 aliphatic carbocycles. The highest BCUT2D eigenvalue weighted by molar-refractivity contribution is 5.72. The highest BCUT2D eigenvalue weighted by Gasteiger charge is 2.11. The fraction of sp³-hybridized carbons (Fsp3) is 0.931. The number of hydrogen-bond acceptors (Lipinski definition) is 4. The van der Waals surface area contributed by atoms with Crippen molar-refractivity contribution in [3.63, 3.8) is 0 Å². The molecule has 0 bridgehead atoms. The standard InChI is InChI=1S/C29H56O4/c1-5-6-7-8-9-10-11-12-13-14-15-16-17-18-25-32-28(30)23-20-24-29(31)33-27(4)22-19-21-26(2)3/h26-27H,5-25H2,1-4H3. The number of rotatable bonds is 24. The Kier molecular flexibility index (Phi) is 23.3. The maximum Gasteiger partial charge on any atom is 0.306 e. The number of hydrogen-bond donors (Lipinski definition) is 0. The molecular formula is C29H56O4. The lowest BCUT2D eigenvalue weighted by Crippen LogP contribution is -2.15. The van der Waals surface area contributed by atoms with E-state index in [0.717, 1.165) is 32.1 Å². The van der Waals surface area contributed by atoms with Crippen LogP contribution in [0.5, 0.6) is 0 Å². The van der Waals surface area contributed by atoms with Crippen LogP contribution in [0.2, 0.25) is 0 Å². The molecule has 0 fully saturated rings. The van der Waals surface area contributed by atoms with Gasteiger partial charge in [-0.3, -0.25) is 9.59 Å². The maximum atomic E-state index is 11.9. The summed E-state index contributed by atoms with van der Waals surface area (Å²) in [5, 5.41) is 0. The predicted octanol–water partition coefficient (Wildman–Crippen LogP) is 8.94. The molecule has 0 N–H and O–H groups in total. The van der Waals surface area contributed by atoms with Crippen molar-refractivity contribution in [3.8, 4) is 0 Å². The van der Waals surface area contributed by atoms with Gasteiger partial charge in [0.25, 0.3) is 0 Å². The minimum Gasteiger partial charge on any atom is -0.466 e. The number of carbonyl (C=O) groups excluding carboxylic acids is 2. The fourth-order valence-electron chi connectivity index (χ4n) is 4.09. The first-order valence-electron chi connectivity index (χ1n) is 14.3. The van der Waals surface area contributed by atoms with E-state index in [1.165, 1.54) is 77.0 Å². The van der Waals surface area contributed by atoms with Crippen LogP contribution in [0.3, 0.4) is 0 Å². The van der Waals surface area contributed by atoms with Gasteiger partial charge in [-0.25, -0.2) is 0 Å². The molecule has 1 unspecified atom stereocenters.